The van der Waals surface area contributed by atoms with Crippen LogP contribution in [0.2, 0.25) is 0 Å². The summed E-state index contributed by atoms with van der Waals surface area (Å²) in [6.07, 6.45) is 3.14. The molecule has 1 saturated heterocycles. The van der Waals surface area contributed by atoms with Crippen LogP contribution in [-0.2, 0) is 9.59 Å². The fourth-order valence-electron chi connectivity index (χ4n) is 4.46. The molecule has 0 aromatic rings. The fourth-order valence-corrected chi connectivity index (χ4v) is 4.46. The Morgan fingerprint density at radius 3 is 2.10 bits per heavy atom. The number of nitrogens with one attached hydrogen (secondary N) is 1. The third-order valence-corrected chi connectivity index (χ3v) is 4.82. The Kier molecular flexibility index (Phi) is 4.11. The summed E-state index contributed by atoms with van der Waals surface area (Å²) < 4.78 is 0. The lowest BCUT2D eigenvalue weighted by molar-refractivity contribution is -0.150. The second-order valence-electron chi connectivity index (χ2n) is 8.82. The van der Waals surface area contributed by atoms with E-state index >= 15 is 0 Å². The summed E-state index contributed by atoms with van der Waals surface area (Å²) in [5.41, 5.74) is 0.432. The molecule has 1 atom stereocenters. The van der Waals surface area contributed by atoms with E-state index in [1.165, 1.54) is 6.42 Å². The molecule has 0 aromatic heterocycles. The molecule has 2 fully saturated rings. The molecule has 0 spiro atoms. The quantitative estimate of drug-likeness (QED) is 0.851. The first kappa shape index (κ1) is 16.3. The summed E-state index contributed by atoms with van der Waals surface area (Å²) in [5, 5.41) is 2.85. The molecule has 4 nitrogen and oxygen atoms in total. The molecule has 2 amide bonds. The van der Waals surface area contributed by atoms with Crippen LogP contribution in [-0.4, -0.2) is 35.3 Å². The maximum absolute atomic E-state index is 12.7. The van der Waals surface area contributed by atoms with E-state index in [2.05, 4.69) is 33.0 Å². The summed E-state index contributed by atoms with van der Waals surface area (Å²) in [4.78, 5) is 26.6. The molecule has 2 rings (SSSR count). The second kappa shape index (κ2) is 5.29. The molecule has 120 valence electrons. The van der Waals surface area contributed by atoms with Crippen LogP contribution in [0.25, 0.3) is 0 Å². The van der Waals surface area contributed by atoms with Crippen molar-refractivity contribution in [2.45, 2.75) is 72.9 Å². The number of rotatable bonds is 2. The van der Waals surface area contributed by atoms with Gasteiger partial charge in [0.2, 0.25) is 11.8 Å². The van der Waals surface area contributed by atoms with Crippen molar-refractivity contribution in [2.75, 3.05) is 6.54 Å². The fraction of sp³-hybridized carbons (Fsp3) is 0.882. The maximum atomic E-state index is 12.7. The molecular weight excluding hydrogens is 264 g/mol. The van der Waals surface area contributed by atoms with Crippen molar-refractivity contribution in [3.05, 3.63) is 0 Å². The Hall–Kier alpha value is -1.06. The Balaban J connectivity index is 2.23. The van der Waals surface area contributed by atoms with Crippen LogP contribution < -0.4 is 5.32 Å². The molecule has 1 aliphatic carbocycles. The Labute approximate surface area is 128 Å². The van der Waals surface area contributed by atoms with Crippen molar-refractivity contribution in [2.24, 2.45) is 16.7 Å². The van der Waals surface area contributed by atoms with E-state index in [1.807, 2.05) is 18.7 Å². The average Bonchev–Trinajstić information content (AvgIpc) is 2.27. The molecule has 1 heterocycles. The monoisotopic (exact) mass is 294 g/mol. The van der Waals surface area contributed by atoms with Gasteiger partial charge in [-0.3, -0.25) is 9.59 Å². The zero-order valence-corrected chi connectivity index (χ0v) is 14.3. The van der Waals surface area contributed by atoms with Gasteiger partial charge in [-0.05, 0) is 36.0 Å². The third kappa shape index (κ3) is 3.58. The highest BCUT2D eigenvalue weighted by molar-refractivity contribution is 5.95. The van der Waals surface area contributed by atoms with E-state index in [0.717, 1.165) is 12.8 Å². The highest BCUT2D eigenvalue weighted by Crippen LogP contribution is 2.47. The topological polar surface area (TPSA) is 49.4 Å². The average molecular weight is 294 g/mol. The lowest BCUT2D eigenvalue weighted by atomic mass is 9.63. The highest BCUT2D eigenvalue weighted by Gasteiger charge is 2.45. The summed E-state index contributed by atoms with van der Waals surface area (Å²) in [7, 11) is 0. The van der Waals surface area contributed by atoms with E-state index in [4.69, 9.17) is 0 Å². The molecular formula is C17H30N2O2. The van der Waals surface area contributed by atoms with Crippen molar-refractivity contribution in [3.8, 4) is 0 Å². The largest absolute Gasteiger partial charge is 0.343 e. The van der Waals surface area contributed by atoms with Gasteiger partial charge in [0, 0.05) is 6.04 Å². The molecule has 0 radical (unpaired) electrons. The van der Waals surface area contributed by atoms with Crippen LogP contribution in [0.15, 0.2) is 0 Å². The standard InChI is InChI=1S/C17H30N2O2/c1-11(2)14-15(21)19(9-13(20)18-14)12-7-16(3,4)10-17(5,6)8-12/h11-12,14H,7-10H2,1-6H3,(H,18,20). The van der Waals surface area contributed by atoms with Crippen molar-refractivity contribution in [1.29, 1.82) is 0 Å². The number of hydrogen-bond acceptors (Lipinski definition) is 2. The first-order valence-corrected chi connectivity index (χ1v) is 8.11. The van der Waals surface area contributed by atoms with Crippen LogP contribution in [0.4, 0.5) is 0 Å². The third-order valence-electron chi connectivity index (χ3n) is 4.82. The molecule has 1 aliphatic heterocycles. The van der Waals surface area contributed by atoms with Crippen LogP contribution in [0.3, 0.4) is 0 Å². The molecule has 1 saturated carbocycles. The second-order valence-corrected chi connectivity index (χ2v) is 8.82. The van der Waals surface area contributed by atoms with Gasteiger partial charge in [0.25, 0.3) is 0 Å². The number of nitrogens with zero attached hydrogens (tertiary/aromatic N) is 1. The van der Waals surface area contributed by atoms with Crippen LogP contribution >= 0.6 is 0 Å². The SMILES string of the molecule is CC(C)C1NC(=O)CN(C2CC(C)(C)CC(C)(C)C2)C1=O. The van der Waals surface area contributed by atoms with E-state index < -0.39 is 0 Å². The summed E-state index contributed by atoms with van der Waals surface area (Å²) in [5.74, 6) is 0.214. The number of hydrogen-bond donors (Lipinski definition) is 1. The number of amides is 2. The first-order valence-electron chi connectivity index (χ1n) is 8.11. The Morgan fingerprint density at radius 1 is 1.10 bits per heavy atom. The number of carbonyl (C=O) groups excluding carboxylic acids is 2. The zero-order chi connectivity index (χ0) is 16.0. The summed E-state index contributed by atoms with van der Waals surface area (Å²) in [6, 6.07) is -0.178. The Morgan fingerprint density at radius 2 is 1.62 bits per heavy atom. The van der Waals surface area contributed by atoms with Crippen LogP contribution in [0.1, 0.15) is 60.8 Å². The Bertz CT molecular complexity index is 424. The van der Waals surface area contributed by atoms with Crippen molar-refractivity contribution < 1.29 is 9.59 Å². The smallest absolute Gasteiger partial charge is 0.246 e. The van der Waals surface area contributed by atoms with E-state index in [1.54, 1.807) is 0 Å². The molecule has 1 N–H and O–H groups in total. The van der Waals surface area contributed by atoms with Crippen LogP contribution in [0, 0.1) is 16.7 Å². The van der Waals surface area contributed by atoms with Gasteiger partial charge < -0.3 is 10.2 Å². The zero-order valence-electron chi connectivity index (χ0n) is 14.3. The number of carbonyl (C=O) groups is 2. The van der Waals surface area contributed by atoms with E-state index in [9.17, 15) is 9.59 Å². The molecule has 2 aliphatic rings. The van der Waals surface area contributed by atoms with Gasteiger partial charge >= 0.3 is 0 Å². The minimum absolute atomic E-state index is 0.0190. The van der Waals surface area contributed by atoms with Gasteiger partial charge in [-0.1, -0.05) is 41.5 Å². The van der Waals surface area contributed by atoms with Gasteiger partial charge in [0.1, 0.15) is 6.04 Å². The van der Waals surface area contributed by atoms with Crippen molar-refractivity contribution in [1.82, 2.24) is 10.2 Å². The maximum Gasteiger partial charge on any atom is 0.246 e. The van der Waals surface area contributed by atoms with Gasteiger partial charge in [0.15, 0.2) is 0 Å². The summed E-state index contributed by atoms with van der Waals surface area (Å²) in [6.45, 7) is 13.3. The van der Waals surface area contributed by atoms with Crippen molar-refractivity contribution >= 4 is 11.8 Å². The summed E-state index contributed by atoms with van der Waals surface area (Å²) >= 11 is 0. The van der Waals surface area contributed by atoms with Crippen molar-refractivity contribution in [3.63, 3.8) is 0 Å². The molecule has 0 bridgehead atoms. The molecule has 21 heavy (non-hydrogen) atoms. The van der Waals surface area contributed by atoms with Gasteiger partial charge in [-0.25, -0.2) is 0 Å². The molecule has 4 heteroatoms. The van der Waals surface area contributed by atoms with Gasteiger partial charge in [-0.15, -0.1) is 0 Å². The van der Waals surface area contributed by atoms with Crippen LogP contribution in [0.5, 0.6) is 0 Å². The predicted octanol–water partition coefficient (Wildman–Crippen LogP) is 2.57. The lowest BCUT2D eigenvalue weighted by Crippen LogP contribution is -2.63. The predicted molar refractivity (Wildman–Crippen MR) is 83.7 cm³/mol. The van der Waals surface area contributed by atoms with E-state index in [-0.39, 0.29) is 47.2 Å². The van der Waals surface area contributed by atoms with Gasteiger partial charge in [-0.2, -0.15) is 0 Å². The molecule has 0 aromatic carbocycles. The minimum atomic E-state index is -0.362. The normalized spacial score (nSPS) is 29.7. The number of piperazine rings is 1. The first-order chi connectivity index (χ1) is 9.51. The van der Waals surface area contributed by atoms with Gasteiger partial charge in [0.05, 0.1) is 6.54 Å². The van der Waals surface area contributed by atoms with E-state index in [0.29, 0.717) is 0 Å². The highest BCUT2D eigenvalue weighted by atomic mass is 16.2. The lowest BCUT2D eigenvalue weighted by Gasteiger charge is -2.50. The molecule has 1 unspecified atom stereocenters. The minimum Gasteiger partial charge on any atom is -0.343 e.